The lowest BCUT2D eigenvalue weighted by atomic mass is 10.0. The highest BCUT2D eigenvalue weighted by atomic mass is 32.2. The van der Waals surface area contributed by atoms with Gasteiger partial charge < -0.3 is 14.4 Å². The topological polar surface area (TPSA) is 39.0 Å². The van der Waals surface area contributed by atoms with E-state index in [1.807, 2.05) is 37.6 Å². The van der Waals surface area contributed by atoms with Crippen LogP contribution in [0.3, 0.4) is 0 Å². The monoisotopic (exact) mass is 409 g/mol. The van der Waals surface area contributed by atoms with Crippen LogP contribution in [-0.4, -0.2) is 42.9 Å². The SMILES string of the molecule is C#CCN(CCC)c1c(SC)nc2c(-c3c(OC)cc(C)cc3OC)cccn12. The fraction of sp³-hybridized carbons (Fsp3) is 0.348. The third-order valence-electron chi connectivity index (χ3n) is 4.78. The van der Waals surface area contributed by atoms with Gasteiger partial charge in [-0.1, -0.05) is 12.8 Å². The van der Waals surface area contributed by atoms with E-state index in [-0.39, 0.29) is 0 Å². The summed E-state index contributed by atoms with van der Waals surface area (Å²) in [6.07, 6.45) is 10.7. The van der Waals surface area contributed by atoms with Gasteiger partial charge in [0.15, 0.2) is 0 Å². The number of benzene rings is 1. The van der Waals surface area contributed by atoms with Gasteiger partial charge in [-0.2, -0.15) is 0 Å². The van der Waals surface area contributed by atoms with Gasteiger partial charge in [0.25, 0.3) is 0 Å². The summed E-state index contributed by atoms with van der Waals surface area (Å²) in [7, 11) is 3.36. The molecule has 2 heterocycles. The van der Waals surface area contributed by atoms with Crippen LogP contribution in [-0.2, 0) is 0 Å². The Morgan fingerprint density at radius 3 is 2.48 bits per heavy atom. The third-order valence-corrected chi connectivity index (χ3v) is 5.44. The highest BCUT2D eigenvalue weighted by Crippen LogP contribution is 2.42. The van der Waals surface area contributed by atoms with Gasteiger partial charge in [-0.25, -0.2) is 4.98 Å². The maximum Gasteiger partial charge on any atom is 0.148 e. The van der Waals surface area contributed by atoms with Crippen LogP contribution in [0.4, 0.5) is 5.82 Å². The predicted octanol–water partition coefficient (Wildman–Crippen LogP) is 4.90. The predicted molar refractivity (Wildman–Crippen MR) is 122 cm³/mol. The number of thioether (sulfide) groups is 1. The molecule has 29 heavy (non-hydrogen) atoms. The molecular formula is C23H27N3O2S. The van der Waals surface area contributed by atoms with Crippen molar-refractivity contribution in [3.63, 3.8) is 0 Å². The molecule has 0 bridgehead atoms. The van der Waals surface area contributed by atoms with E-state index >= 15 is 0 Å². The standard InChI is InChI=1S/C23H27N3O2S/c1-7-11-25(12-8-2)23-22(29-6)24-21-17(10-9-13-26(21)23)20-18(27-4)14-16(3)15-19(20)28-5/h1,9-10,13-15H,8,11-12H2,2-6H3. The van der Waals surface area contributed by atoms with E-state index in [0.29, 0.717) is 6.54 Å². The summed E-state index contributed by atoms with van der Waals surface area (Å²) in [6, 6.07) is 8.11. The summed E-state index contributed by atoms with van der Waals surface area (Å²) < 4.78 is 13.5. The number of pyridine rings is 1. The van der Waals surface area contributed by atoms with Crippen molar-refractivity contribution in [2.45, 2.75) is 25.3 Å². The van der Waals surface area contributed by atoms with Crippen molar-refractivity contribution in [3.05, 3.63) is 36.0 Å². The van der Waals surface area contributed by atoms with Gasteiger partial charge in [0, 0.05) is 18.3 Å². The van der Waals surface area contributed by atoms with Crippen LogP contribution in [0, 0.1) is 19.3 Å². The van der Waals surface area contributed by atoms with Crippen LogP contribution in [0.5, 0.6) is 11.5 Å². The fourth-order valence-electron chi connectivity index (χ4n) is 3.60. The van der Waals surface area contributed by atoms with Gasteiger partial charge in [0.05, 0.1) is 26.3 Å². The van der Waals surface area contributed by atoms with E-state index in [1.165, 1.54) is 0 Å². The van der Waals surface area contributed by atoms with E-state index in [9.17, 15) is 0 Å². The molecule has 0 spiro atoms. The normalized spacial score (nSPS) is 10.8. The third kappa shape index (κ3) is 3.88. The van der Waals surface area contributed by atoms with Crippen LogP contribution in [0.2, 0.25) is 0 Å². The van der Waals surface area contributed by atoms with Crippen molar-refractivity contribution in [3.8, 4) is 35.0 Å². The van der Waals surface area contributed by atoms with Gasteiger partial charge >= 0.3 is 0 Å². The quantitative estimate of drug-likeness (QED) is 0.391. The number of hydrogen-bond donors (Lipinski definition) is 0. The Morgan fingerprint density at radius 2 is 1.93 bits per heavy atom. The van der Waals surface area contributed by atoms with Gasteiger partial charge in [-0.05, 0) is 49.4 Å². The van der Waals surface area contributed by atoms with Crippen molar-refractivity contribution in [1.82, 2.24) is 9.38 Å². The number of anilines is 1. The number of imidazole rings is 1. The van der Waals surface area contributed by atoms with Crippen LogP contribution < -0.4 is 14.4 Å². The molecule has 0 atom stereocenters. The average molecular weight is 410 g/mol. The number of fused-ring (bicyclic) bond motifs is 1. The van der Waals surface area contributed by atoms with E-state index in [4.69, 9.17) is 20.9 Å². The summed E-state index contributed by atoms with van der Waals surface area (Å²) in [5.41, 5.74) is 3.78. The van der Waals surface area contributed by atoms with Crippen molar-refractivity contribution >= 4 is 23.2 Å². The molecule has 152 valence electrons. The summed E-state index contributed by atoms with van der Waals surface area (Å²) >= 11 is 1.62. The molecule has 2 aromatic heterocycles. The Bertz CT molecular complexity index is 1030. The van der Waals surface area contributed by atoms with Crippen LogP contribution in [0.15, 0.2) is 35.5 Å². The minimum absolute atomic E-state index is 0.538. The number of methoxy groups -OCH3 is 2. The van der Waals surface area contributed by atoms with E-state index < -0.39 is 0 Å². The van der Waals surface area contributed by atoms with E-state index in [0.717, 1.165) is 57.6 Å². The first-order valence-electron chi connectivity index (χ1n) is 9.56. The maximum absolute atomic E-state index is 5.70. The second-order valence-electron chi connectivity index (χ2n) is 6.73. The number of terminal acetylenes is 1. The first-order valence-corrected chi connectivity index (χ1v) is 10.8. The van der Waals surface area contributed by atoms with Crippen molar-refractivity contribution < 1.29 is 9.47 Å². The van der Waals surface area contributed by atoms with Crippen LogP contribution in [0.25, 0.3) is 16.8 Å². The maximum atomic E-state index is 5.70. The van der Waals surface area contributed by atoms with E-state index in [2.05, 4.69) is 28.2 Å². The molecule has 0 amide bonds. The highest BCUT2D eigenvalue weighted by molar-refractivity contribution is 7.98. The van der Waals surface area contributed by atoms with Crippen LogP contribution >= 0.6 is 11.8 Å². The fourth-order valence-corrected chi connectivity index (χ4v) is 4.19. The highest BCUT2D eigenvalue weighted by Gasteiger charge is 2.22. The lowest BCUT2D eigenvalue weighted by Crippen LogP contribution is -2.26. The summed E-state index contributed by atoms with van der Waals surface area (Å²) in [6.45, 7) is 5.58. The molecule has 0 radical (unpaired) electrons. The Morgan fingerprint density at radius 1 is 1.24 bits per heavy atom. The average Bonchev–Trinajstić information content (AvgIpc) is 3.11. The second kappa shape index (κ2) is 9.15. The molecule has 5 nitrogen and oxygen atoms in total. The van der Waals surface area contributed by atoms with E-state index in [1.54, 1.807) is 26.0 Å². The number of nitrogens with zero attached hydrogens (tertiary/aromatic N) is 3. The Balaban J connectivity index is 2.32. The number of aryl methyl sites for hydroxylation is 1. The number of rotatable bonds is 8. The van der Waals surface area contributed by atoms with Crippen molar-refractivity contribution in [2.75, 3.05) is 38.5 Å². The molecule has 0 N–H and O–H groups in total. The molecule has 0 aliphatic rings. The zero-order valence-corrected chi connectivity index (χ0v) is 18.5. The first kappa shape index (κ1) is 20.9. The molecule has 0 saturated carbocycles. The van der Waals surface area contributed by atoms with Crippen LogP contribution in [0.1, 0.15) is 18.9 Å². The van der Waals surface area contributed by atoms with Gasteiger partial charge in [-0.3, -0.25) is 4.40 Å². The molecule has 0 aliphatic carbocycles. The largest absolute Gasteiger partial charge is 0.496 e. The van der Waals surface area contributed by atoms with Gasteiger partial charge in [0.1, 0.15) is 28.0 Å². The minimum Gasteiger partial charge on any atom is -0.496 e. The summed E-state index contributed by atoms with van der Waals surface area (Å²) in [5.74, 6) is 5.33. The van der Waals surface area contributed by atoms with Crippen molar-refractivity contribution in [1.29, 1.82) is 0 Å². The number of ether oxygens (including phenoxy) is 2. The molecular weight excluding hydrogens is 382 g/mol. The van der Waals surface area contributed by atoms with Crippen molar-refractivity contribution in [2.24, 2.45) is 0 Å². The minimum atomic E-state index is 0.538. The molecule has 0 aliphatic heterocycles. The van der Waals surface area contributed by atoms with Gasteiger partial charge in [-0.15, -0.1) is 18.2 Å². The Labute approximate surface area is 177 Å². The zero-order valence-electron chi connectivity index (χ0n) is 17.7. The lowest BCUT2D eigenvalue weighted by Gasteiger charge is -2.22. The summed E-state index contributed by atoms with van der Waals surface area (Å²) in [4.78, 5) is 7.18. The molecule has 0 saturated heterocycles. The molecule has 1 aromatic carbocycles. The molecule has 0 fully saturated rings. The first-order chi connectivity index (χ1) is 14.1. The Kier molecular flexibility index (Phi) is 6.60. The number of hydrogen-bond acceptors (Lipinski definition) is 5. The molecule has 3 rings (SSSR count). The second-order valence-corrected chi connectivity index (χ2v) is 7.53. The Hall–Kier alpha value is -2.78. The zero-order chi connectivity index (χ0) is 21.0. The molecule has 0 unspecified atom stereocenters. The summed E-state index contributed by atoms with van der Waals surface area (Å²) in [5, 5.41) is 0.950. The lowest BCUT2D eigenvalue weighted by molar-refractivity contribution is 0.397. The molecule has 3 aromatic rings. The smallest absolute Gasteiger partial charge is 0.148 e. The molecule has 6 heteroatoms. The number of aromatic nitrogens is 2. The van der Waals surface area contributed by atoms with Gasteiger partial charge in [0.2, 0.25) is 0 Å².